The van der Waals surface area contributed by atoms with E-state index in [0.29, 0.717) is 6.04 Å². The molecular formula is C13H21BrN2. The van der Waals surface area contributed by atoms with Crippen molar-refractivity contribution < 1.29 is 0 Å². The molecule has 0 aliphatic rings. The van der Waals surface area contributed by atoms with E-state index in [9.17, 15) is 0 Å². The number of hydrogen-bond donors (Lipinski definition) is 1. The normalized spacial score (nSPS) is 13.1. The lowest BCUT2D eigenvalue weighted by Crippen LogP contribution is -2.37. The summed E-state index contributed by atoms with van der Waals surface area (Å²) < 4.78 is 1.18. The van der Waals surface area contributed by atoms with E-state index in [2.05, 4.69) is 53.0 Å². The second-order valence-corrected chi connectivity index (χ2v) is 5.04. The number of nitrogens with two attached hydrogens (primary N) is 1. The Morgan fingerprint density at radius 2 is 2.06 bits per heavy atom. The zero-order valence-corrected chi connectivity index (χ0v) is 11.7. The maximum Gasteiger partial charge on any atom is 0.0245 e. The number of rotatable bonds is 6. The molecule has 0 radical (unpaired) electrons. The minimum absolute atomic E-state index is 0.483. The van der Waals surface area contributed by atoms with E-state index in [1.54, 1.807) is 0 Å². The predicted molar refractivity (Wildman–Crippen MR) is 73.4 cm³/mol. The molecule has 1 aromatic carbocycles. The van der Waals surface area contributed by atoms with Crippen molar-refractivity contribution in [2.45, 2.75) is 32.4 Å². The Bertz CT molecular complexity index is 315. The molecule has 1 atom stereocenters. The van der Waals surface area contributed by atoms with Gasteiger partial charge in [0, 0.05) is 23.6 Å². The van der Waals surface area contributed by atoms with Crippen LogP contribution in [0.1, 0.15) is 25.3 Å². The smallest absolute Gasteiger partial charge is 0.0245 e. The maximum atomic E-state index is 5.80. The third kappa shape index (κ3) is 3.89. The largest absolute Gasteiger partial charge is 0.329 e. The first-order chi connectivity index (χ1) is 7.69. The van der Waals surface area contributed by atoms with Crippen LogP contribution in [0.2, 0.25) is 0 Å². The van der Waals surface area contributed by atoms with Gasteiger partial charge in [0.2, 0.25) is 0 Å². The molecule has 0 amide bonds. The first-order valence-electron chi connectivity index (χ1n) is 5.82. The first kappa shape index (κ1) is 13.7. The Labute approximate surface area is 107 Å². The van der Waals surface area contributed by atoms with Crippen LogP contribution in [0.5, 0.6) is 0 Å². The standard InChI is InChI=1S/C13H21BrN2/c1-3-6-12(9-15)16(2)10-11-7-4-5-8-13(11)14/h4-5,7-8,12H,3,6,9-10,15H2,1-2H3. The van der Waals surface area contributed by atoms with Crippen molar-refractivity contribution in [2.24, 2.45) is 5.73 Å². The average Bonchev–Trinajstić information content (AvgIpc) is 2.29. The fraction of sp³-hybridized carbons (Fsp3) is 0.538. The molecule has 1 rings (SSSR count). The van der Waals surface area contributed by atoms with E-state index in [1.165, 1.54) is 16.5 Å². The lowest BCUT2D eigenvalue weighted by Gasteiger charge is -2.27. The summed E-state index contributed by atoms with van der Waals surface area (Å²) in [5, 5.41) is 0. The van der Waals surface area contributed by atoms with Gasteiger partial charge in [-0.15, -0.1) is 0 Å². The molecular weight excluding hydrogens is 264 g/mol. The minimum Gasteiger partial charge on any atom is -0.329 e. The van der Waals surface area contributed by atoms with Crippen LogP contribution >= 0.6 is 15.9 Å². The SMILES string of the molecule is CCCC(CN)N(C)Cc1ccccc1Br. The quantitative estimate of drug-likeness (QED) is 0.870. The molecule has 0 fully saturated rings. The topological polar surface area (TPSA) is 29.3 Å². The predicted octanol–water partition coefficient (Wildman–Crippen LogP) is 3.01. The Kier molecular flexibility index (Phi) is 6.03. The zero-order valence-electron chi connectivity index (χ0n) is 10.1. The number of likely N-dealkylation sites (N-methyl/N-ethyl adjacent to an activating group) is 1. The van der Waals surface area contributed by atoms with Crippen molar-refractivity contribution in [3.05, 3.63) is 34.3 Å². The number of halogens is 1. The molecule has 0 aliphatic carbocycles. The summed E-state index contributed by atoms with van der Waals surface area (Å²) >= 11 is 3.58. The number of nitrogens with zero attached hydrogens (tertiary/aromatic N) is 1. The number of benzene rings is 1. The van der Waals surface area contributed by atoms with E-state index >= 15 is 0 Å². The van der Waals surface area contributed by atoms with E-state index in [1.807, 2.05) is 6.07 Å². The molecule has 1 aromatic rings. The Hall–Kier alpha value is -0.380. The van der Waals surface area contributed by atoms with Gasteiger partial charge in [0.05, 0.1) is 0 Å². The molecule has 0 aromatic heterocycles. The fourth-order valence-electron chi connectivity index (χ4n) is 1.88. The molecule has 2 N–H and O–H groups in total. The van der Waals surface area contributed by atoms with Gasteiger partial charge in [-0.1, -0.05) is 47.5 Å². The van der Waals surface area contributed by atoms with Crippen molar-refractivity contribution in [1.29, 1.82) is 0 Å². The highest BCUT2D eigenvalue weighted by molar-refractivity contribution is 9.10. The van der Waals surface area contributed by atoms with Crippen molar-refractivity contribution in [3.8, 4) is 0 Å². The van der Waals surface area contributed by atoms with Crippen molar-refractivity contribution >= 4 is 15.9 Å². The number of hydrogen-bond acceptors (Lipinski definition) is 2. The first-order valence-corrected chi connectivity index (χ1v) is 6.62. The van der Waals surface area contributed by atoms with Gasteiger partial charge in [0.1, 0.15) is 0 Å². The minimum atomic E-state index is 0.483. The van der Waals surface area contributed by atoms with Crippen molar-refractivity contribution in [1.82, 2.24) is 4.90 Å². The third-order valence-corrected chi connectivity index (χ3v) is 3.67. The highest BCUT2D eigenvalue weighted by Gasteiger charge is 2.12. The summed E-state index contributed by atoms with van der Waals surface area (Å²) in [6, 6.07) is 8.84. The van der Waals surface area contributed by atoms with Crippen molar-refractivity contribution in [3.63, 3.8) is 0 Å². The molecule has 2 nitrogen and oxygen atoms in total. The summed E-state index contributed by atoms with van der Waals surface area (Å²) in [6.07, 6.45) is 2.35. The van der Waals surface area contributed by atoms with Gasteiger partial charge in [-0.25, -0.2) is 0 Å². The Morgan fingerprint density at radius 1 is 1.38 bits per heavy atom. The molecule has 0 saturated carbocycles. The third-order valence-electron chi connectivity index (χ3n) is 2.89. The van der Waals surface area contributed by atoms with Gasteiger partial charge < -0.3 is 5.73 Å². The average molecular weight is 285 g/mol. The van der Waals surface area contributed by atoms with Gasteiger partial charge in [0.25, 0.3) is 0 Å². The highest BCUT2D eigenvalue weighted by Crippen LogP contribution is 2.18. The van der Waals surface area contributed by atoms with Crippen LogP contribution in [0.4, 0.5) is 0 Å². The lowest BCUT2D eigenvalue weighted by atomic mass is 10.1. The van der Waals surface area contributed by atoms with Crippen LogP contribution in [-0.2, 0) is 6.54 Å². The summed E-state index contributed by atoms with van der Waals surface area (Å²) in [4.78, 5) is 2.34. The van der Waals surface area contributed by atoms with Gasteiger partial charge in [0.15, 0.2) is 0 Å². The van der Waals surface area contributed by atoms with Crippen LogP contribution in [0.3, 0.4) is 0 Å². The van der Waals surface area contributed by atoms with Crippen LogP contribution < -0.4 is 5.73 Å². The lowest BCUT2D eigenvalue weighted by molar-refractivity contribution is 0.225. The van der Waals surface area contributed by atoms with Crippen LogP contribution in [-0.4, -0.2) is 24.5 Å². The molecule has 0 bridgehead atoms. The fourth-order valence-corrected chi connectivity index (χ4v) is 2.29. The van der Waals surface area contributed by atoms with Gasteiger partial charge in [-0.3, -0.25) is 4.90 Å². The molecule has 0 aliphatic heterocycles. The molecule has 90 valence electrons. The van der Waals surface area contributed by atoms with Gasteiger partial charge in [-0.05, 0) is 25.1 Å². The molecule has 3 heteroatoms. The maximum absolute atomic E-state index is 5.80. The van der Waals surface area contributed by atoms with Gasteiger partial charge >= 0.3 is 0 Å². The van der Waals surface area contributed by atoms with E-state index < -0.39 is 0 Å². The second kappa shape index (κ2) is 7.05. The Balaban J connectivity index is 2.62. The van der Waals surface area contributed by atoms with Gasteiger partial charge in [-0.2, -0.15) is 0 Å². The monoisotopic (exact) mass is 284 g/mol. The Morgan fingerprint density at radius 3 is 2.62 bits per heavy atom. The zero-order chi connectivity index (χ0) is 12.0. The van der Waals surface area contributed by atoms with Crippen molar-refractivity contribution in [2.75, 3.05) is 13.6 Å². The summed E-state index contributed by atoms with van der Waals surface area (Å²) in [5.41, 5.74) is 7.12. The summed E-state index contributed by atoms with van der Waals surface area (Å²) in [5.74, 6) is 0. The van der Waals surface area contributed by atoms with E-state index in [-0.39, 0.29) is 0 Å². The van der Waals surface area contributed by atoms with E-state index in [4.69, 9.17) is 5.73 Å². The molecule has 1 unspecified atom stereocenters. The molecule has 0 spiro atoms. The molecule has 0 saturated heterocycles. The molecule has 16 heavy (non-hydrogen) atoms. The van der Waals surface area contributed by atoms with Crippen LogP contribution in [0, 0.1) is 0 Å². The van der Waals surface area contributed by atoms with E-state index in [0.717, 1.165) is 19.5 Å². The second-order valence-electron chi connectivity index (χ2n) is 4.18. The van der Waals surface area contributed by atoms with Crippen LogP contribution in [0.15, 0.2) is 28.7 Å². The molecule has 0 heterocycles. The summed E-state index contributed by atoms with van der Waals surface area (Å²) in [6.45, 7) is 3.88. The summed E-state index contributed by atoms with van der Waals surface area (Å²) in [7, 11) is 2.15. The van der Waals surface area contributed by atoms with Crippen LogP contribution in [0.25, 0.3) is 0 Å². The highest BCUT2D eigenvalue weighted by atomic mass is 79.9.